The van der Waals surface area contributed by atoms with Crippen molar-refractivity contribution in [2.45, 2.75) is 18.8 Å². The van der Waals surface area contributed by atoms with Gasteiger partial charge in [0.15, 0.2) is 0 Å². The normalized spacial score (nSPS) is 20.7. The number of nitrogens with zero attached hydrogens (tertiary/aromatic N) is 1. The molecule has 0 aliphatic carbocycles. The van der Waals surface area contributed by atoms with Gasteiger partial charge in [-0.1, -0.05) is 42.5 Å². The molecular weight excluding hydrogens is 333 g/mol. The molecule has 4 nitrogen and oxygen atoms in total. The summed E-state index contributed by atoms with van der Waals surface area (Å²) in [6.45, 7) is 2.52. The highest BCUT2D eigenvalue weighted by atomic mass is 19.1. The minimum Gasteiger partial charge on any atom is -0.469 e. The van der Waals surface area contributed by atoms with Crippen LogP contribution in [0.3, 0.4) is 0 Å². The zero-order valence-electron chi connectivity index (χ0n) is 14.9. The molecule has 2 aromatic carbocycles. The number of likely N-dealkylation sites (tertiary alicyclic amines) is 1. The van der Waals surface area contributed by atoms with Crippen molar-refractivity contribution in [1.82, 2.24) is 4.90 Å². The summed E-state index contributed by atoms with van der Waals surface area (Å²) in [5.41, 5.74) is 1.64. The Kier molecular flexibility index (Phi) is 5.35. The Balaban J connectivity index is 1.82. The molecule has 0 unspecified atom stereocenters. The molecule has 1 heterocycles. The molecule has 0 radical (unpaired) electrons. The summed E-state index contributed by atoms with van der Waals surface area (Å²) >= 11 is 0. The quantitative estimate of drug-likeness (QED) is 0.790. The number of esters is 1. The average Bonchev–Trinajstić information content (AvgIpc) is 3.12. The first-order valence-electron chi connectivity index (χ1n) is 8.68. The van der Waals surface area contributed by atoms with E-state index in [1.807, 2.05) is 30.3 Å². The van der Waals surface area contributed by atoms with Crippen LogP contribution in [0.1, 0.15) is 29.9 Å². The number of carbonyl (C=O) groups excluding carboxylic acids is 2. The van der Waals surface area contributed by atoms with Crippen molar-refractivity contribution in [1.29, 1.82) is 0 Å². The highest BCUT2D eigenvalue weighted by Gasteiger charge is 2.42. The molecule has 0 spiro atoms. The molecule has 26 heavy (non-hydrogen) atoms. The van der Waals surface area contributed by atoms with Gasteiger partial charge in [0.2, 0.25) is 5.91 Å². The maximum Gasteiger partial charge on any atom is 0.311 e. The monoisotopic (exact) mass is 355 g/mol. The number of amides is 1. The van der Waals surface area contributed by atoms with Gasteiger partial charge in [0, 0.05) is 19.0 Å². The Morgan fingerprint density at radius 2 is 1.85 bits per heavy atom. The molecule has 0 bridgehead atoms. The molecule has 1 aliphatic heterocycles. The Hall–Kier alpha value is -2.69. The molecule has 1 saturated heterocycles. The first-order valence-corrected chi connectivity index (χ1v) is 8.68. The van der Waals surface area contributed by atoms with Crippen LogP contribution in [-0.4, -0.2) is 37.0 Å². The van der Waals surface area contributed by atoms with E-state index in [-0.39, 0.29) is 23.6 Å². The minimum absolute atomic E-state index is 0.104. The fourth-order valence-corrected chi connectivity index (χ4v) is 3.60. The van der Waals surface area contributed by atoms with Crippen LogP contribution in [0.4, 0.5) is 4.39 Å². The Bertz CT molecular complexity index is 793. The largest absolute Gasteiger partial charge is 0.469 e. The molecular formula is C21H22FNO3. The molecule has 136 valence electrons. The SMILES string of the molecule is COC(=O)[C@@H]1CN(C(=O)[C@@H](C)c2cccc(F)c2)C[C@H]1c1ccccc1. The van der Waals surface area contributed by atoms with E-state index in [0.29, 0.717) is 18.7 Å². The number of hydrogen-bond donors (Lipinski definition) is 0. The maximum absolute atomic E-state index is 13.5. The predicted octanol–water partition coefficient (Wildman–Crippen LogP) is 3.34. The van der Waals surface area contributed by atoms with Crippen LogP contribution in [-0.2, 0) is 14.3 Å². The van der Waals surface area contributed by atoms with E-state index < -0.39 is 11.8 Å². The Morgan fingerprint density at radius 3 is 2.50 bits per heavy atom. The van der Waals surface area contributed by atoms with Crippen molar-refractivity contribution in [3.8, 4) is 0 Å². The lowest BCUT2D eigenvalue weighted by atomic mass is 9.89. The van der Waals surface area contributed by atoms with Gasteiger partial charge in [-0.15, -0.1) is 0 Å². The van der Waals surface area contributed by atoms with E-state index in [1.165, 1.54) is 19.2 Å². The minimum atomic E-state index is -0.474. The van der Waals surface area contributed by atoms with Gasteiger partial charge < -0.3 is 9.64 Å². The Labute approximate surface area is 152 Å². The number of benzene rings is 2. The lowest BCUT2D eigenvalue weighted by Gasteiger charge is -2.21. The summed E-state index contributed by atoms with van der Waals surface area (Å²) in [4.78, 5) is 26.9. The predicted molar refractivity (Wildman–Crippen MR) is 96.1 cm³/mol. The van der Waals surface area contributed by atoms with E-state index >= 15 is 0 Å². The zero-order chi connectivity index (χ0) is 18.7. The fourth-order valence-electron chi connectivity index (χ4n) is 3.60. The number of carbonyl (C=O) groups is 2. The summed E-state index contributed by atoms with van der Waals surface area (Å²) in [6, 6.07) is 15.8. The zero-order valence-corrected chi connectivity index (χ0v) is 14.9. The lowest BCUT2D eigenvalue weighted by Crippen LogP contribution is -2.33. The van der Waals surface area contributed by atoms with Crippen LogP contribution < -0.4 is 0 Å². The van der Waals surface area contributed by atoms with Crippen molar-refractivity contribution in [2.24, 2.45) is 5.92 Å². The van der Waals surface area contributed by atoms with Crippen LogP contribution in [0.15, 0.2) is 54.6 Å². The number of ether oxygens (including phenoxy) is 1. The van der Waals surface area contributed by atoms with Crippen LogP contribution in [0.2, 0.25) is 0 Å². The Morgan fingerprint density at radius 1 is 1.12 bits per heavy atom. The highest BCUT2D eigenvalue weighted by molar-refractivity contribution is 5.85. The van der Waals surface area contributed by atoms with E-state index in [9.17, 15) is 14.0 Å². The van der Waals surface area contributed by atoms with Crippen LogP contribution >= 0.6 is 0 Å². The second-order valence-electron chi connectivity index (χ2n) is 6.67. The molecule has 1 amide bonds. The van der Waals surface area contributed by atoms with Gasteiger partial charge in [-0.25, -0.2) is 4.39 Å². The molecule has 0 N–H and O–H groups in total. The van der Waals surface area contributed by atoms with Gasteiger partial charge in [0.05, 0.1) is 18.9 Å². The second-order valence-corrected chi connectivity index (χ2v) is 6.67. The number of hydrogen-bond acceptors (Lipinski definition) is 3. The van der Waals surface area contributed by atoms with Crippen molar-refractivity contribution < 1.29 is 18.7 Å². The summed E-state index contributed by atoms with van der Waals surface area (Å²) in [7, 11) is 1.37. The first-order chi connectivity index (χ1) is 12.5. The highest BCUT2D eigenvalue weighted by Crippen LogP contribution is 2.35. The standard InChI is InChI=1S/C21H22FNO3/c1-14(16-9-6-10-17(22)11-16)20(24)23-12-18(15-7-4-3-5-8-15)19(13-23)21(25)26-2/h3-11,14,18-19H,12-13H2,1-2H3/t14-,18-,19+/m0/s1. The molecule has 1 fully saturated rings. The van der Waals surface area contributed by atoms with Gasteiger partial charge in [0.1, 0.15) is 5.82 Å². The summed E-state index contributed by atoms with van der Waals surface area (Å²) in [5, 5.41) is 0. The van der Waals surface area contributed by atoms with Crippen molar-refractivity contribution in [2.75, 3.05) is 20.2 Å². The lowest BCUT2D eigenvalue weighted by molar-refractivity contribution is -0.145. The van der Waals surface area contributed by atoms with Crippen molar-refractivity contribution >= 4 is 11.9 Å². The van der Waals surface area contributed by atoms with Gasteiger partial charge in [-0.2, -0.15) is 0 Å². The smallest absolute Gasteiger partial charge is 0.311 e. The summed E-state index contributed by atoms with van der Waals surface area (Å²) < 4.78 is 18.4. The van der Waals surface area contributed by atoms with Crippen molar-refractivity contribution in [3.05, 3.63) is 71.5 Å². The maximum atomic E-state index is 13.5. The van der Waals surface area contributed by atoms with E-state index in [1.54, 1.807) is 24.0 Å². The average molecular weight is 355 g/mol. The molecule has 5 heteroatoms. The number of rotatable bonds is 4. The van der Waals surface area contributed by atoms with Crippen LogP contribution in [0, 0.1) is 11.7 Å². The van der Waals surface area contributed by atoms with Crippen LogP contribution in [0.25, 0.3) is 0 Å². The molecule has 1 aliphatic rings. The first kappa shape index (κ1) is 18.1. The van der Waals surface area contributed by atoms with Gasteiger partial charge in [-0.05, 0) is 30.2 Å². The van der Waals surface area contributed by atoms with Gasteiger partial charge >= 0.3 is 5.97 Å². The number of methoxy groups -OCH3 is 1. The van der Waals surface area contributed by atoms with E-state index in [0.717, 1.165) is 5.56 Å². The summed E-state index contributed by atoms with van der Waals surface area (Å²) in [6.07, 6.45) is 0. The molecule has 3 rings (SSSR count). The van der Waals surface area contributed by atoms with Crippen molar-refractivity contribution in [3.63, 3.8) is 0 Å². The summed E-state index contributed by atoms with van der Waals surface area (Å²) in [5.74, 6) is -1.76. The van der Waals surface area contributed by atoms with E-state index in [2.05, 4.69) is 0 Å². The molecule has 3 atom stereocenters. The number of halogens is 1. The van der Waals surface area contributed by atoms with E-state index in [4.69, 9.17) is 4.74 Å². The molecule has 0 saturated carbocycles. The molecule has 2 aromatic rings. The van der Waals surface area contributed by atoms with Crippen LogP contribution in [0.5, 0.6) is 0 Å². The third-order valence-corrected chi connectivity index (χ3v) is 5.08. The fraction of sp³-hybridized carbons (Fsp3) is 0.333. The molecule has 0 aromatic heterocycles. The second kappa shape index (κ2) is 7.68. The topological polar surface area (TPSA) is 46.6 Å². The van der Waals surface area contributed by atoms with Gasteiger partial charge in [-0.3, -0.25) is 9.59 Å². The van der Waals surface area contributed by atoms with Gasteiger partial charge in [0.25, 0.3) is 0 Å². The third kappa shape index (κ3) is 3.62. The third-order valence-electron chi connectivity index (χ3n) is 5.08.